The maximum absolute atomic E-state index is 12.4. The number of rotatable bonds is 5. The van der Waals surface area contributed by atoms with Crippen molar-refractivity contribution in [1.29, 1.82) is 0 Å². The Morgan fingerprint density at radius 3 is 2.84 bits per heavy atom. The molecule has 0 fully saturated rings. The van der Waals surface area contributed by atoms with Crippen LogP contribution in [0, 0.1) is 6.92 Å². The molecule has 0 atom stereocenters. The maximum atomic E-state index is 12.4. The van der Waals surface area contributed by atoms with E-state index in [0.717, 1.165) is 6.42 Å². The fourth-order valence-corrected chi connectivity index (χ4v) is 2.85. The van der Waals surface area contributed by atoms with E-state index in [1.165, 1.54) is 22.0 Å². The number of nitrogens with zero attached hydrogens (tertiary/aromatic N) is 2. The molecule has 0 aliphatic heterocycles. The van der Waals surface area contributed by atoms with Gasteiger partial charge in [-0.25, -0.2) is 4.98 Å². The van der Waals surface area contributed by atoms with Crippen molar-refractivity contribution in [2.45, 2.75) is 19.9 Å². The standard InChI is InChI=1S/C19H18ClN3O2/c1-13-4-2-3-5-14(13)8-9-21-18(24)11-23-12-22-17-7-6-15(20)10-16(17)19(23)25/h2-7,10,12H,8-9,11H2,1H3,(H,21,24). The largest absolute Gasteiger partial charge is 0.354 e. The molecular weight excluding hydrogens is 338 g/mol. The van der Waals surface area contributed by atoms with Crippen molar-refractivity contribution >= 4 is 28.4 Å². The number of halogens is 1. The molecule has 0 saturated heterocycles. The number of fused-ring (bicyclic) bond motifs is 1. The molecule has 3 rings (SSSR count). The van der Waals surface area contributed by atoms with Gasteiger partial charge in [-0.3, -0.25) is 14.2 Å². The van der Waals surface area contributed by atoms with Gasteiger partial charge < -0.3 is 5.32 Å². The molecule has 2 aromatic carbocycles. The van der Waals surface area contributed by atoms with Crippen LogP contribution in [0.3, 0.4) is 0 Å². The van der Waals surface area contributed by atoms with E-state index in [0.29, 0.717) is 22.5 Å². The molecule has 0 unspecified atom stereocenters. The van der Waals surface area contributed by atoms with Crippen LogP contribution in [0.1, 0.15) is 11.1 Å². The third kappa shape index (κ3) is 4.06. The highest BCUT2D eigenvalue weighted by molar-refractivity contribution is 6.31. The van der Waals surface area contributed by atoms with Gasteiger partial charge in [0, 0.05) is 11.6 Å². The number of carbonyl (C=O) groups excluding carboxylic acids is 1. The SMILES string of the molecule is Cc1ccccc1CCNC(=O)Cn1cnc2ccc(Cl)cc2c1=O. The summed E-state index contributed by atoms with van der Waals surface area (Å²) in [6.45, 7) is 2.50. The number of nitrogens with one attached hydrogen (secondary N) is 1. The minimum Gasteiger partial charge on any atom is -0.354 e. The normalized spacial score (nSPS) is 10.8. The number of carbonyl (C=O) groups is 1. The molecule has 25 heavy (non-hydrogen) atoms. The molecule has 128 valence electrons. The quantitative estimate of drug-likeness (QED) is 0.765. The Morgan fingerprint density at radius 2 is 2.04 bits per heavy atom. The zero-order chi connectivity index (χ0) is 17.8. The van der Waals surface area contributed by atoms with Crippen LogP contribution in [0.25, 0.3) is 10.9 Å². The number of hydrogen-bond acceptors (Lipinski definition) is 3. The molecule has 1 amide bonds. The number of aromatic nitrogens is 2. The maximum Gasteiger partial charge on any atom is 0.261 e. The van der Waals surface area contributed by atoms with Crippen LogP contribution in [0.4, 0.5) is 0 Å². The van der Waals surface area contributed by atoms with Gasteiger partial charge in [-0.05, 0) is 42.7 Å². The van der Waals surface area contributed by atoms with Crippen molar-refractivity contribution in [3.8, 4) is 0 Å². The van der Waals surface area contributed by atoms with E-state index in [9.17, 15) is 9.59 Å². The van der Waals surface area contributed by atoms with E-state index in [2.05, 4.69) is 10.3 Å². The monoisotopic (exact) mass is 355 g/mol. The van der Waals surface area contributed by atoms with Crippen LogP contribution in [0.5, 0.6) is 0 Å². The molecule has 0 saturated carbocycles. The summed E-state index contributed by atoms with van der Waals surface area (Å²) < 4.78 is 1.29. The lowest BCUT2D eigenvalue weighted by Crippen LogP contribution is -2.33. The van der Waals surface area contributed by atoms with Crippen LogP contribution >= 0.6 is 11.6 Å². The second kappa shape index (κ2) is 7.49. The summed E-state index contributed by atoms with van der Waals surface area (Å²) >= 11 is 5.93. The van der Waals surface area contributed by atoms with Gasteiger partial charge in [-0.1, -0.05) is 35.9 Å². The number of hydrogen-bond donors (Lipinski definition) is 1. The topological polar surface area (TPSA) is 64.0 Å². The van der Waals surface area contributed by atoms with Crippen molar-refractivity contribution in [2.24, 2.45) is 0 Å². The van der Waals surface area contributed by atoms with Gasteiger partial charge in [0.1, 0.15) is 6.54 Å². The van der Waals surface area contributed by atoms with Crippen LogP contribution in [0.2, 0.25) is 5.02 Å². The highest BCUT2D eigenvalue weighted by atomic mass is 35.5. The minimum absolute atomic E-state index is 0.0674. The van der Waals surface area contributed by atoms with Crippen molar-refractivity contribution in [3.63, 3.8) is 0 Å². The fraction of sp³-hybridized carbons (Fsp3) is 0.211. The van der Waals surface area contributed by atoms with Gasteiger partial charge in [0.25, 0.3) is 5.56 Å². The highest BCUT2D eigenvalue weighted by Gasteiger charge is 2.08. The predicted molar refractivity (Wildman–Crippen MR) is 98.9 cm³/mol. The first-order valence-corrected chi connectivity index (χ1v) is 8.38. The Kier molecular flexibility index (Phi) is 5.14. The summed E-state index contributed by atoms with van der Waals surface area (Å²) in [5, 5.41) is 3.71. The second-order valence-electron chi connectivity index (χ2n) is 5.87. The van der Waals surface area contributed by atoms with E-state index in [1.54, 1.807) is 18.2 Å². The average molecular weight is 356 g/mol. The van der Waals surface area contributed by atoms with Gasteiger partial charge in [-0.15, -0.1) is 0 Å². The summed E-state index contributed by atoms with van der Waals surface area (Å²) in [5.74, 6) is -0.223. The molecule has 5 nitrogen and oxygen atoms in total. The Morgan fingerprint density at radius 1 is 1.24 bits per heavy atom. The Bertz CT molecular complexity index is 982. The molecule has 1 heterocycles. The first kappa shape index (κ1) is 17.2. The first-order valence-electron chi connectivity index (χ1n) is 8.00. The summed E-state index contributed by atoms with van der Waals surface area (Å²) in [4.78, 5) is 28.8. The van der Waals surface area contributed by atoms with E-state index in [4.69, 9.17) is 11.6 Å². The Hall–Kier alpha value is -2.66. The molecule has 3 aromatic rings. The number of benzene rings is 2. The lowest BCUT2D eigenvalue weighted by molar-refractivity contribution is -0.121. The molecule has 1 aromatic heterocycles. The summed E-state index contributed by atoms with van der Waals surface area (Å²) in [6, 6.07) is 13.0. The number of amides is 1. The third-order valence-corrected chi connectivity index (χ3v) is 4.31. The molecular formula is C19H18ClN3O2. The molecule has 0 bridgehead atoms. The first-order chi connectivity index (χ1) is 12.0. The summed E-state index contributed by atoms with van der Waals surface area (Å²) in [7, 11) is 0. The summed E-state index contributed by atoms with van der Waals surface area (Å²) in [6.07, 6.45) is 2.14. The van der Waals surface area contributed by atoms with Crippen LogP contribution in [-0.2, 0) is 17.8 Å². The summed E-state index contributed by atoms with van der Waals surface area (Å²) in [5.41, 5.74) is 2.68. The van der Waals surface area contributed by atoms with Crippen molar-refractivity contribution in [1.82, 2.24) is 14.9 Å². The predicted octanol–water partition coefficient (Wildman–Crippen LogP) is 2.72. The van der Waals surface area contributed by atoms with Crippen LogP contribution in [0.15, 0.2) is 53.6 Å². The highest BCUT2D eigenvalue weighted by Crippen LogP contribution is 2.14. The molecule has 0 aliphatic rings. The Balaban J connectivity index is 1.65. The van der Waals surface area contributed by atoms with Gasteiger partial charge in [0.15, 0.2) is 0 Å². The molecule has 0 aliphatic carbocycles. The van der Waals surface area contributed by atoms with Crippen molar-refractivity contribution < 1.29 is 4.79 Å². The lowest BCUT2D eigenvalue weighted by Gasteiger charge is -2.09. The van der Waals surface area contributed by atoms with Gasteiger partial charge in [0.2, 0.25) is 5.91 Å². The number of aryl methyl sites for hydroxylation is 1. The second-order valence-corrected chi connectivity index (χ2v) is 6.30. The van der Waals surface area contributed by atoms with Crippen LogP contribution in [-0.4, -0.2) is 22.0 Å². The van der Waals surface area contributed by atoms with Crippen molar-refractivity contribution in [3.05, 3.63) is 75.3 Å². The van der Waals surface area contributed by atoms with E-state index in [-0.39, 0.29) is 18.0 Å². The fourth-order valence-electron chi connectivity index (χ4n) is 2.68. The lowest BCUT2D eigenvalue weighted by atomic mass is 10.1. The van der Waals surface area contributed by atoms with E-state index in [1.807, 2.05) is 31.2 Å². The van der Waals surface area contributed by atoms with Gasteiger partial charge in [0.05, 0.1) is 17.2 Å². The smallest absolute Gasteiger partial charge is 0.261 e. The van der Waals surface area contributed by atoms with Crippen LogP contribution < -0.4 is 10.9 Å². The third-order valence-electron chi connectivity index (χ3n) is 4.08. The molecule has 6 heteroatoms. The molecule has 0 spiro atoms. The van der Waals surface area contributed by atoms with E-state index >= 15 is 0 Å². The van der Waals surface area contributed by atoms with E-state index < -0.39 is 0 Å². The molecule has 1 N–H and O–H groups in total. The Labute approximate surface area is 150 Å². The van der Waals surface area contributed by atoms with Gasteiger partial charge in [-0.2, -0.15) is 0 Å². The minimum atomic E-state index is -0.276. The zero-order valence-corrected chi connectivity index (χ0v) is 14.6. The van der Waals surface area contributed by atoms with Crippen molar-refractivity contribution in [2.75, 3.05) is 6.54 Å². The average Bonchev–Trinajstić information content (AvgIpc) is 2.59. The molecule has 0 radical (unpaired) electrons. The zero-order valence-electron chi connectivity index (χ0n) is 13.8. The van der Waals surface area contributed by atoms with Gasteiger partial charge >= 0.3 is 0 Å².